The number of halogens is 2. The van der Waals surface area contributed by atoms with Gasteiger partial charge in [0.25, 0.3) is 0 Å². The van der Waals surface area contributed by atoms with Gasteiger partial charge >= 0.3 is 5.30 Å². The van der Waals surface area contributed by atoms with Gasteiger partial charge in [0, 0.05) is 29.0 Å². The molecule has 0 radical (unpaired) electrons. The van der Waals surface area contributed by atoms with Crippen LogP contribution in [-0.2, 0) is 11.3 Å². The smallest absolute Gasteiger partial charge is 0.367 e. The molecular formula is C15H16Cl2N2O2S. The second-order valence-corrected chi connectivity index (χ2v) is 6.61. The average Bonchev–Trinajstić information content (AvgIpc) is 2.97. The first-order valence-electron chi connectivity index (χ1n) is 6.84. The lowest BCUT2D eigenvalue weighted by molar-refractivity contribution is 0.175. The molecule has 2 rings (SSSR count). The molecular weight excluding hydrogens is 343 g/mol. The minimum atomic E-state index is -0.307. The van der Waals surface area contributed by atoms with Crippen molar-refractivity contribution in [1.29, 1.82) is 0 Å². The summed E-state index contributed by atoms with van der Waals surface area (Å²) < 4.78 is 7.05. The van der Waals surface area contributed by atoms with E-state index in [4.69, 9.17) is 27.9 Å². The largest absolute Gasteiger partial charge is 0.458 e. The van der Waals surface area contributed by atoms with Crippen LogP contribution in [0, 0.1) is 0 Å². The maximum absolute atomic E-state index is 11.9. The molecule has 7 heteroatoms. The molecule has 0 saturated carbocycles. The van der Waals surface area contributed by atoms with Gasteiger partial charge in [-0.25, -0.2) is 9.78 Å². The Hall–Kier alpha value is -1.17. The molecule has 0 amide bonds. The number of benzene rings is 1. The number of hydrogen-bond acceptors (Lipinski definition) is 4. The summed E-state index contributed by atoms with van der Waals surface area (Å²) in [4.78, 5) is 16.0. The molecule has 1 heterocycles. The van der Waals surface area contributed by atoms with Gasteiger partial charge in [-0.2, -0.15) is 0 Å². The van der Waals surface area contributed by atoms with E-state index in [9.17, 15) is 4.79 Å². The van der Waals surface area contributed by atoms with E-state index in [2.05, 4.69) is 4.98 Å². The van der Waals surface area contributed by atoms with Crippen molar-refractivity contribution in [2.75, 3.05) is 6.61 Å². The maximum Gasteiger partial charge on any atom is 0.367 e. The van der Waals surface area contributed by atoms with Crippen LogP contribution in [0.25, 0.3) is 0 Å². The van der Waals surface area contributed by atoms with Gasteiger partial charge in [-0.05, 0) is 35.9 Å². The average molecular weight is 359 g/mol. The van der Waals surface area contributed by atoms with Gasteiger partial charge in [0.05, 0.1) is 18.2 Å². The summed E-state index contributed by atoms with van der Waals surface area (Å²) in [6.07, 6.45) is 6.03. The fourth-order valence-electron chi connectivity index (χ4n) is 1.88. The molecule has 1 unspecified atom stereocenters. The lowest BCUT2D eigenvalue weighted by atomic mass is 10.1. The second-order valence-electron chi connectivity index (χ2n) is 4.63. The third-order valence-corrected chi connectivity index (χ3v) is 4.47. The second kappa shape index (κ2) is 8.46. The Bertz CT molecular complexity index is 620. The summed E-state index contributed by atoms with van der Waals surface area (Å²) in [6.45, 7) is 2.93. The van der Waals surface area contributed by atoms with Crippen LogP contribution in [0.4, 0.5) is 4.79 Å². The number of nitrogens with zero attached hydrogens (tertiary/aromatic N) is 2. The summed E-state index contributed by atoms with van der Waals surface area (Å²) in [5.41, 5.74) is 0.846. The van der Waals surface area contributed by atoms with Crippen LogP contribution in [0.3, 0.4) is 0 Å². The molecule has 0 aliphatic carbocycles. The summed E-state index contributed by atoms with van der Waals surface area (Å²) in [5, 5.41) is 0.614. The zero-order valence-corrected chi connectivity index (χ0v) is 14.4. The first kappa shape index (κ1) is 17.2. The lowest BCUT2D eigenvalue weighted by Gasteiger charge is -2.18. The van der Waals surface area contributed by atoms with Crippen LogP contribution in [0.1, 0.15) is 24.2 Å². The van der Waals surface area contributed by atoms with E-state index in [-0.39, 0.29) is 10.6 Å². The molecule has 0 aliphatic heterocycles. The van der Waals surface area contributed by atoms with Gasteiger partial charge < -0.3 is 9.30 Å². The van der Waals surface area contributed by atoms with Crippen molar-refractivity contribution < 1.29 is 9.53 Å². The van der Waals surface area contributed by atoms with Crippen LogP contribution in [-0.4, -0.2) is 21.5 Å². The molecule has 1 atom stereocenters. The zero-order chi connectivity index (χ0) is 15.9. The third-order valence-electron chi connectivity index (χ3n) is 2.91. The Morgan fingerprint density at radius 3 is 2.91 bits per heavy atom. The summed E-state index contributed by atoms with van der Waals surface area (Å²) >= 11 is 13.3. The van der Waals surface area contributed by atoms with Gasteiger partial charge in [-0.15, -0.1) is 0 Å². The number of ether oxygens (including phenoxy) is 1. The molecule has 0 fully saturated rings. The standard InChI is InChI=1S/C15H16Cl2N2O2S/c1-2-7-21-15(20)22-14(9-19-6-5-18-10-19)12-4-3-11(16)8-13(12)17/h3-6,8,10,14H,2,7,9H2,1H3. The molecule has 1 aromatic heterocycles. The first-order chi connectivity index (χ1) is 10.6. The quantitative estimate of drug-likeness (QED) is 0.664. The van der Waals surface area contributed by atoms with Crippen LogP contribution in [0.15, 0.2) is 36.9 Å². The zero-order valence-electron chi connectivity index (χ0n) is 12.0. The van der Waals surface area contributed by atoms with Crippen molar-refractivity contribution in [3.05, 3.63) is 52.5 Å². The highest BCUT2D eigenvalue weighted by molar-refractivity contribution is 8.13. The Balaban J connectivity index is 2.18. The number of hydrogen-bond donors (Lipinski definition) is 0. The highest BCUT2D eigenvalue weighted by Crippen LogP contribution is 2.37. The molecule has 0 saturated heterocycles. The fourth-order valence-corrected chi connectivity index (χ4v) is 3.45. The van der Waals surface area contributed by atoms with E-state index < -0.39 is 0 Å². The van der Waals surface area contributed by atoms with Crippen molar-refractivity contribution in [3.8, 4) is 0 Å². The minimum absolute atomic E-state index is 0.177. The highest BCUT2D eigenvalue weighted by atomic mass is 35.5. The number of aromatic nitrogens is 2. The number of rotatable bonds is 6. The molecule has 118 valence electrons. The molecule has 22 heavy (non-hydrogen) atoms. The van der Waals surface area contributed by atoms with Gasteiger partial charge in [0.1, 0.15) is 0 Å². The number of carbonyl (C=O) groups is 1. The third kappa shape index (κ3) is 4.93. The van der Waals surface area contributed by atoms with Crippen molar-refractivity contribution >= 4 is 40.3 Å². The molecule has 0 N–H and O–H groups in total. The summed E-state index contributed by atoms with van der Waals surface area (Å²) in [5.74, 6) is 0. The molecule has 0 spiro atoms. The van der Waals surface area contributed by atoms with Crippen molar-refractivity contribution in [1.82, 2.24) is 9.55 Å². The normalized spacial score (nSPS) is 12.1. The van der Waals surface area contributed by atoms with Crippen molar-refractivity contribution in [2.24, 2.45) is 0 Å². The van der Waals surface area contributed by atoms with Crippen LogP contribution in [0.5, 0.6) is 0 Å². The van der Waals surface area contributed by atoms with Crippen molar-refractivity contribution in [2.45, 2.75) is 25.1 Å². The molecule has 2 aromatic rings. The SMILES string of the molecule is CCCOC(=O)SC(Cn1ccnc1)c1ccc(Cl)cc1Cl. The maximum atomic E-state index is 11.9. The van der Waals surface area contributed by atoms with Gasteiger partial charge in [0.15, 0.2) is 0 Å². The Morgan fingerprint density at radius 1 is 1.45 bits per heavy atom. The lowest BCUT2D eigenvalue weighted by Crippen LogP contribution is -2.09. The van der Waals surface area contributed by atoms with Gasteiger partial charge in [-0.1, -0.05) is 36.2 Å². The Labute approximate surface area is 143 Å². The summed E-state index contributed by atoms with van der Waals surface area (Å²) in [7, 11) is 0. The topological polar surface area (TPSA) is 44.1 Å². The van der Waals surface area contributed by atoms with Gasteiger partial charge in [-0.3, -0.25) is 0 Å². The van der Waals surface area contributed by atoms with Crippen LogP contribution < -0.4 is 0 Å². The van der Waals surface area contributed by atoms with Gasteiger partial charge in [0.2, 0.25) is 0 Å². The molecule has 0 bridgehead atoms. The molecule has 1 aromatic carbocycles. The molecule has 0 aliphatic rings. The highest BCUT2D eigenvalue weighted by Gasteiger charge is 2.21. The number of thioether (sulfide) groups is 1. The Morgan fingerprint density at radius 2 is 2.27 bits per heavy atom. The van der Waals surface area contributed by atoms with E-state index >= 15 is 0 Å². The fraction of sp³-hybridized carbons (Fsp3) is 0.333. The van der Waals surface area contributed by atoms with E-state index in [1.54, 1.807) is 24.7 Å². The van der Waals surface area contributed by atoms with Crippen molar-refractivity contribution in [3.63, 3.8) is 0 Å². The first-order valence-corrected chi connectivity index (χ1v) is 8.47. The van der Waals surface area contributed by atoms with E-state index in [1.165, 1.54) is 0 Å². The minimum Gasteiger partial charge on any atom is -0.458 e. The van der Waals surface area contributed by atoms with Crippen LogP contribution in [0.2, 0.25) is 10.0 Å². The van der Waals surface area contributed by atoms with Crippen LogP contribution >= 0.6 is 35.0 Å². The number of carbonyl (C=O) groups excluding carboxylic acids is 1. The predicted octanol–water partition coefficient (Wildman–Crippen LogP) is 5.21. The monoisotopic (exact) mass is 358 g/mol. The van der Waals surface area contributed by atoms with E-state index in [1.807, 2.05) is 23.8 Å². The summed E-state index contributed by atoms with van der Waals surface area (Å²) in [6, 6.07) is 5.28. The van der Waals surface area contributed by atoms with E-state index in [0.717, 1.165) is 23.7 Å². The van der Waals surface area contributed by atoms with E-state index in [0.29, 0.717) is 23.2 Å². The number of imidazole rings is 1. The molecule has 4 nitrogen and oxygen atoms in total. The predicted molar refractivity (Wildman–Crippen MR) is 90.7 cm³/mol. The Kier molecular flexibility index (Phi) is 6.61.